The summed E-state index contributed by atoms with van der Waals surface area (Å²) in [4.78, 5) is 0.306. The maximum absolute atomic E-state index is 13.2. The normalized spacial score (nSPS) is 12.2. The summed E-state index contributed by atoms with van der Waals surface area (Å²) in [5.74, 6) is 0. The summed E-state index contributed by atoms with van der Waals surface area (Å²) in [7, 11) is -4.09. The van der Waals surface area contributed by atoms with Gasteiger partial charge in [-0.25, -0.2) is 8.42 Å². The number of hydrogen-bond donors (Lipinski definition) is 1. The number of rotatable bonds is 4. The highest BCUT2D eigenvalue weighted by atomic mass is 32.2. The lowest BCUT2D eigenvalue weighted by atomic mass is 10.2. The molecule has 0 radical (unpaired) electrons. The Hall–Kier alpha value is -1.67. The number of hydrogen-bond acceptors (Lipinski definition) is 3. The van der Waals surface area contributed by atoms with Crippen molar-refractivity contribution in [1.29, 1.82) is 0 Å². The molecule has 124 valence electrons. The molecule has 3 nitrogen and oxygen atoms in total. The van der Waals surface area contributed by atoms with Crippen LogP contribution >= 0.6 is 11.8 Å². The number of benzene rings is 2. The van der Waals surface area contributed by atoms with Crippen molar-refractivity contribution in [3.8, 4) is 0 Å². The zero-order valence-electron chi connectivity index (χ0n) is 12.3. The number of nitrogens with one attached hydrogen (secondary N) is 1. The number of thioether (sulfide) groups is 1. The van der Waals surface area contributed by atoms with E-state index in [2.05, 4.69) is 0 Å². The van der Waals surface area contributed by atoms with Gasteiger partial charge in [0.15, 0.2) is 0 Å². The fraction of sp³-hybridized carbons (Fsp3) is 0.200. The van der Waals surface area contributed by atoms with Crippen molar-refractivity contribution in [2.24, 2.45) is 0 Å². The fourth-order valence-electron chi connectivity index (χ4n) is 1.89. The summed E-state index contributed by atoms with van der Waals surface area (Å²) in [5.41, 5.74) is -0.653. The van der Waals surface area contributed by atoms with Crippen LogP contribution in [0, 0.1) is 6.92 Å². The maximum atomic E-state index is 13.2. The number of halogens is 3. The summed E-state index contributed by atoms with van der Waals surface area (Å²) in [6, 6.07) is 9.35. The Labute approximate surface area is 137 Å². The molecule has 0 fully saturated rings. The van der Waals surface area contributed by atoms with Crippen molar-refractivity contribution in [2.45, 2.75) is 22.9 Å². The van der Waals surface area contributed by atoms with Gasteiger partial charge >= 0.3 is 6.18 Å². The molecule has 1 N–H and O–H groups in total. The largest absolute Gasteiger partial charge is 0.418 e. The minimum Gasteiger partial charge on any atom is -0.279 e. The third-order valence-corrected chi connectivity index (χ3v) is 5.21. The second-order valence-corrected chi connectivity index (χ2v) is 7.39. The molecule has 0 aromatic heterocycles. The standard InChI is InChI=1S/C15H14F3NO2S2/c1-10-3-6-12(7-4-10)23(20,21)19-14-8-5-11(22-2)9-13(14)15(16,17)18/h3-9,19H,1-2H3. The Morgan fingerprint density at radius 1 is 1.04 bits per heavy atom. The van der Waals surface area contributed by atoms with E-state index >= 15 is 0 Å². The van der Waals surface area contributed by atoms with E-state index in [1.165, 1.54) is 18.2 Å². The number of alkyl halides is 3. The van der Waals surface area contributed by atoms with Crippen molar-refractivity contribution in [3.05, 3.63) is 53.6 Å². The highest BCUT2D eigenvalue weighted by molar-refractivity contribution is 7.98. The minimum absolute atomic E-state index is 0.0924. The first-order chi connectivity index (χ1) is 10.6. The minimum atomic E-state index is -4.66. The van der Waals surface area contributed by atoms with Crippen molar-refractivity contribution >= 4 is 27.5 Å². The number of anilines is 1. The first-order valence-corrected chi connectivity index (χ1v) is 9.19. The molecule has 0 atom stereocenters. The van der Waals surface area contributed by atoms with Gasteiger partial charge in [0.25, 0.3) is 10.0 Å². The van der Waals surface area contributed by atoms with Crippen molar-refractivity contribution in [2.75, 3.05) is 11.0 Å². The van der Waals surface area contributed by atoms with Crippen molar-refractivity contribution < 1.29 is 21.6 Å². The molecule has 23 heavy (non-hydrogen) atoms. The van der Waals surface area contributed by atoms with Gasteiger partial charge in [-0.15, -0.1) is 11.8 Å². The van der Waals surface area contributed by atoms with Crippen LogP contribution in [0.5, 0.6) is 0 Å². The van der Waals surface area contributed by atoms with Crippen LogP contribution in [0.1, 0.15) is 11.1 Å². The van der Waals surface area contributed by atoms with Crippen LogP contribution in [0.2, 0.25) is 0 Å². The van der Waals surface area contributed by atoms with Crippen molar-refractivity contribution in [1.82, 2.24) is 0 Å². The third kappa shape index (κ3) is 4.20. The lowest BCUT2D eigenvalue weighted by molar-refractivity contribution is -0.137. The molecule has 8 heteroatoms. The van der Waals surface area contributed by atoms with E-state index in [1.54, 1.807) is 25.3 Å². The van der Waals surface area contributed by atoms with Crippen LogP contribution < -0.4 is 4.72 Å². The molecule has 2 rings (SSSR count). The molecule has 0 bridgehead atoms. The maximum Gasteiger partial charge on any atom is 0.418 e. The van der Waals surface area contributed by atoms with Crippen LogP contribution in [0.3, 0.4) is 0 Å². The Kier molecular flexibility index (Phi) is 4.95. The molecule has 0 saturated heterocycles. The van der Waals surface area contributed by atoms with Gasteiger partial charge in [0, 0.05) is 4.90 Å². The average molecular weight is 361 g/mol. The molecule has 0 aliphatic rings. The van der Waals surface area contributed by atoms with Gasteiger partial charge < -0.3 is 0 Å². The SMILES string of the molecule is CSc1ccc(NS(=O)(=O)c2ccc(C)cc2)c(C(F)(F)F)c1. The molecule has 2 aromatic carbocycles. The van der Waals surface area contributed by atoms with E-state index in [4.69, 9.17) is 0 Å². The van der Waals surface area contributed by atoms with E-state index in [0.717, 1.165) is 29.5 Å². The first-order valence-electron chi connectivity index (χ1n) is 6.48. The topological polar surface area (TPSA) is 46.2 Å². The summed E-state index contributed by atoms with van der Waals surface area (Å²) in [6.45, 7) is 1.78. The summed E-state index contributed by atoms with van der Waals surface area (Å²) < 4.78 is 66.0. The molecule has 0 unspecified atom stereocenters. The predicted molar refractivity (Wildman–Crippen MR) is 85.2 cm³/mol. The zero-order valence-corrected chi connectivity index (χ0v) is 13.9. The van der Waals surface area contributed by atoms with Gasteiger partial charge in [0.05, 0.1) is 16.1 Å². The molecule has 0 heterocycles. The summed E-state index contributed by atoms with van der Waals surface area (Å²) in [6.07, 6.45) is -3.01. The fourth-order valence-corrected chi connectivity index (χ4v) is 3.41. The van der Waals surface area contributed by atoms with Crippen LogP contribution in [-0.4, -0.2) is 14.7 Å². The quantitative estimate of drug-likeness (QED) is 0.814. The molecular weight excluding hydrogens is 347 g/mol. The number of sulfonamides is 1. The van der Waals surface area contributed by atoms with Crippen LogP contribution in [0.4, 0.5) is 18.9 Å². The molecule has 0 saturated carbocycles. The first kappa shape index (κ1) is 17.7. The second kappa shape index (κ2) is 6.45. The van der Waals surface area contributed by atoms with E-state index in [-0.39, 0.29) is 4.90 Å². The predicted octanol–water partition coefficient (Wildman–Crippen LogP) is 4.54. The molecule has 0 spiro atoms. The lowest BCUT2D eigenvalue weighted by Crippen LogP contribution is -2.17. The average Bonchev–Trinajstić information content (AvgIpc) is 2.46. The van der Waals surface area contributed by atoms with E-state index in [9.17, 15) is 21.6 Å². The summed E-state index contributed by atoms with van der Waals surface area (Å²) >= 11 is 1.15. The highest BCUT2D eigenvalue weighted by Crippen LogP contribution is 2.37. The van der Waals surface area contributed by atoms with Gasteiger partial charge in [0.1, 0.15) is 0 Å². The monoisotopic (exact) mass is 361 g/mol. The number of aryl methyl sites for hydroxylation is 1. The zero-order chi connectivity index (χ0) is 17.3. The highest BCUT2D eigenvalue weighted by Gasteiger charge is 2.35. The molecular formula is C15H14F3NO2S2. The Balaban J connectivity index is 2.45. The van der Waals surface area contributed by atoms with Crippen LogP contribution in [-0.2, 0) is 16.2 Å². The molecule has 0 amide bonds. The Morgan fingerprint density at radius 2 is 1.65 bits per heavy atom. The van der Waals surface area contributed by atoms with Gasteiger partial charge in [-0.05, 0) is 43.5 Å². The molecule has 0 aliphatic carbocycles. The van der Waals surface area contributed by atoms with Crippen LogP contribution in [0.25, 0.3) is 0 Å². The van der Waals surface area contributed by atoms with Gasteiger partial charge in [0.2, 0.25) is 0 Å². The third-order valence-electron chi connectivity index (χ3n) is 3.11. The lowest BCUT2D eigenvalue weighted by Gasteiger charge is -2.16. The van der Waals surface area contributed by atoms with Crippen LogP contribution in [0.15, 0.2) is 52.3 Å². The summed E-state index contributed by atoms with van der Waals surface area (Å²) in [5, 5.41) is 0. The Morgan fingerprint density at radius 3 is 2.17 bits per heavy atom. The van der Waals surface area contributed by atoms with Gasteiger partial charge in [-0.1, -0.05) is 17.7 Å². The van der Waals surface area contributed by atoms with Gasteiger partial charge in [-0.2, -0.15) is 13.2 Å². The second-order valence-electron chi connectivity index (χ2n) is 4.83. The Bertz CT molecular complexity index is 800. The molecule has 0 aliphatic heterocycles. The smallest absolute Gasteiger partial charge is 0.279 e. The van der Waals surface area contributed by atoms with Gasteiger partial charge in [-0.3, -0.25) is 4.72 Å². The van der Waals surface area contributed by atoms with Crippen molar-refractivity contribution in [3.63, 3.8) is 0 Å². The van der Waals surface area contributed by atoms with E-state index < -0.39 is 27.5 Å². The van der Waals surface area contributed by atoms with E-state index in [1.807, 2.05) is 4.72 Å². The van der Waals surface area contributed by atoms with E-state index in [0.29, 0.717) is 4.90 Å². The molecule has 2 aromatic rings.